The summed E-state index contributed by atoms with van der Waals surface area (Å²) in [6.45, 7) is 1.24. The Kier molecular flexibility index (Phi) is 3.35. The first-order valence-electron chi connectivity index (χ1n) is 3.77. The van der Waals surface area contributed by atoms with E-state index in [2.05, 4.69) is 21.2 Å². The summed E-state index contributed by atoms with van der Waals surface area (Å²) in [7, 11) is 0. The van der Waals surface area contributed by atoms with Crippen LogP contribution in [0.2, 0.25) is 0 Å². The monoisotopic (exact) mass is 259 g/mol. The molecule has 0 atom stereocenters. The van der Waals surface area contributed by atoms with Crippen molar-refractivity contribution in [2.45, 2.75) is 6.92 Å². The van der Waals surface area contributed by atoms with E-state index in [1.54, 1.807) is 0 Å². The molecule has 3 nitrogen and oxygen atoms in total. The molecule has 1 rings (SSSR count). The second kappa shape index (κ2) is 4.32. The molecule has 0 aromatic heterocycles. The molecule has 1 aromatic carbocycles. The molecule has 0 spiro atoms. The fourth-order valence-electron chi connectivity index (χ4n) is 1.10. The zero-order valence-electron chi connectivity index (χ0n) is 7.30. The van der Waals surface area contributed by atoms with Gasteiger partial charge in [0.05, 0.1) is 11.3 Å². The topological polar surface area (TPSA) is 46.2 Å². The predicted octanol–water partition coefficient (Wildman–Crippen LogP) is 2.36. The molecule has 5 heteroatoms. The second-order valence-corrected chi connectivity index (χ2v) is 3.45. The lowest BCUT2D eigenvalue weighted by atomic mass is 10.1. The Morgan fingerprint density at radius 3 is 2.71 bits per heavy atom. The van der Waals surface area contributed by atoms with Crippen LogP contribution in [-0.4, -0.2) is 12.2 Å². The Balaban J connectivity index is 3.40. The summed E-state index contributed by atoms with van der Waals surface area (Å²) in [6, 6.07) is 2.59. The number of nitrogens with one attached hydrogen (secondary N) is 1. The molecule has 0 aliphatic heterocycles. The molecule has 1 amide bonds. The van der Waals surface area contributed by atoms with E-state index in [9.17, 15) is 14.0 Å². The van der Waals surface area contributed by atoms with Crippen molar-refractivity contribution in [3.8, 4) is 0 Å². The first-order valence-corrected chi connectivity index (χ1v) is 4.56. The smallest absolute Gasteiger partial charge is 0.211 e. The highest BCUT2D eigenvalue weighted by Crippen LogP contribution is 2.28. The summed E-state index contributed by atoms with van der Waals surface area (Å²) in [5.74, 6) is -1.08. The lowest BCUT2D eigenvalue weighted by Gasteiger charge is -2.08. The number of benzene rings is 1. The Morgan fingerprint density at radius 2 is 2.21 bits per heavy atom. The molecule has 0 unspecified atom stereocenters. The van der Waals surface area contributed by atoms with Crippen molar-refractivity contribution in [2.75, 3.05) is 5.32 Å². The minimum Gasteiger partial charge on any atom is -0.327 e. The number of hydrogen-bond donors (Lipinski definition) is 1. The normalized spacial score (nSPS) is 9.64. The van der Waals surface area contributed by atoms with Crippen molar-refractivity contribution in [1.29, 1.82) is 0 Å². The van der Waals surface area contributed by atoms with Crippen molar-refractivity contribution in [1.82, 2.24) is 0 Å². The van der Waals surface area contributed by atoms with Gasteiger partial charge in [0.1, 0.15) is 5.82 Å². The molecule has 0 fully saturated rings. The number of carbonyl (C=O) groups excluding carboxylic acids is 2. The number of hydrogen-bond acceptors (Lipinski definition) is 2. The predicted molar refractivity (Wildman–Crippen MR) is 53.8 cm³/mol. The average molecular weight is 260 g/mol. The minimum absolute atomic E-state index is 0.119. The number of amides is 1. The third kappa shape index (κ3) is 1.98. The van der Waals surface area contributed by atoms with Crippen LogP contribution >= 0.6 is 15.9 Å². The minimum atomic E-state index is -0.648. The van der Waals surface area contributed by atoms with E-state index >= 15 is 0 Å². The van der Waals surface area contributed by atoms with Crippen molar-refractivity contribution in [3.05, 3.63) is 28.0 Å². The number of ketones is 1. The molecule has 74 valence electrons. The zero-order valence-corrected chi connectivity index (χ0v) is 8.89. The van der Waals surface area contributed by atoms with Crippen LogP contribution in [0.5, 0.6) is 0 Å². The fourth-order valence-corrected chi connectivity index (χ4v) is 1.54. The second-order valence-electron chi connectivity index (χ2n) is 2.60. The summed E-state index contributed by atoms with van der Waals surface area (Å²) in [5.41, 5.74) is 0.0407. The van der Waals surface area contributed by atoms with Gasteiger partial charge in [-0.2, -0.15) is 0 Å². The van der Waals surface area contributed by atoms with Crippen LogP contribution in [0.25, 0.3) is 0 Å². The summed E-state index contributed by atoms with van der Waals surface area (Å²) in [4.78, 5) is 21.3. The quantitative estimate of drug-likeness (QED) is 0.669. The molecule has 14 heavy (non-hydrogen) atoms. The summed E-state index contributed by atoms with van der Waals surface area (Å²) in [6.07, 6.45) is 0.395. The van der Waals surface area contributed by atoms with E-state index < -0.39 is 11.6 Å². The van der Waals surface area contributed by atoms with E-state index in [1.807, 2.05) is 0 Å². The SMILES string of the molecule is CC(=O)c1c(F)ccc(Br)c1NC=O. The van der Waals surface area contributed by atoms with Crippen LogP contribution in [0.15, 0.2) is 16.6 Å². The van der Waals surface area contributed by atoms with Gasteiger partial charge in [-0.15, -0.1) is 0 Å². The van der Waals surface area contributed by atoms with Gasteiger partial charge in [-0.1, -0.05) is 0 Å². The number of halogens is 2. The third-order valence-corrected chi connectivity index (χ3v) is 2.32. The third-order valence-electron chi connectivity index (χ3n) is 1.66. The van der Waals surface area contributed by atoms with Gasteiger partial charge in [0.25, 0.3) is 0 Å². The molecular weight excluding hydrogens is 253 g/mol. The Labute approximate surface area is 88.4 Å². The molecule has 0 aliphatic carbocycles. The molecule has 0 aliphatic rings. The van der Waals surface area contributed by atoms with Crippen LogP contribution in [0.3, 0.4) is 0 Å². The van der Waals surface area contributed by atoms with Crippen LogP contribution in [-0.2, 0) is 4.79 Å². The summed E-state index contributed by atoms with van der Waals surface area (Å²) >= 11 is 3.11. The van der Waals surface area contributed by atoms with Gasteiger partial charge in [-0.3, -0.25) is 9.59 Å². The molecule has 0 bridgehead atoms. The van der Waals surface area contributed by atoms with E-state index in [-0.39, 0.29) is 11.3 Å². The van der Waals surface area contributed by atoms with Crippen molar-refractivity contribution < 1.29 is 14.0 Å². The highest BCUT2D eigenvalue weighted by molar-refractivity contribution is 9.10. The number of Topliss-reactive ketones (excluding diaryl/α,β-unsaturated/α-hetero) is 1. The van der Waals surface area contributed by atoms with Gasteiger partial charge in [0.15, 0.2) is 5.78 Å². The van der Waals surface area contributed by atoms with Gasteiger partial charge in [0, 0.05) is 4.47 Å². The molecule has 0 radical (unpaired) electrons. The maximum absolute atomic E-state index is 13.2. The Bertz CT molecular complexity index is 393. The molecule has 1 aromatic rings. The Hall–Kier alpha value is -1.23. The number of anilines is 1. The molecule has 0 saturated heterocycles. The number of rotatable bonds is 3. The molecular formula is C9H7BrFNO2. The van der Waals surface area contributed by atoms with Crippen LogP contribution in [0.1, 0.15) is 17.3 Å². The first-order chi connectivity index (χ1) is 6.57. The largest absolute Gasteiger partial charge is 0.327 e. The van der Waals surface area contributed by atoms with E-state index in [0.717, 1.165) is 6.07 Å². The maximum Gasteiger partial charge on any atom is 0.211 e. The van der Waals surface area contributed by atoms with Crippen LogP contribution in [0.4, 0.5) is 10.1 Å². The molecule has 1 N–H and O–H groups in total. The number of carbonyl (C=O) groups is 2. The fraction of sp³-hybridized carbons (Fsp3) is 0.111. The summed E-state index contributed by atoms with van der Waals surface area (Å²) < 4.78 is 13.7. The first kappa shape index (κ1) is 10.8. The molecule has 0 heterocycles. The van der Waals surface area contributed by atoms with Gasteiger partial charge >= 0.3 is 0 Å². The maximum atomic E-state index is 13.2. The van der Waals surface area contributed by atoms with Gasteiger partial charge in [0.2, 0.25) is 6.41 Å². The van der Waals surface area contributed by atoms with E-state index in [0.29, 0.717) is 10.9 Å². The van der Waals surface area contributed by atoms with Gasteiger partial charge < -0.3 is 5.32 Å². The lowest BCUT2D eigenvalue weighted by Crippen LogP contribution is -2.06. The van der Waals surface area contributed by atoms with E-state index in [4.69, 9.17) is 0 Å². The van der Waals surface area contributed by atoms with E-state index in [1.165, 1.54) is 13.0 Å². The highest BCUT2D eigenvalue weighted by atomic mass is 79.9. The van der Waals surface area contributed by atoms with Crippen molar-refractivity contribution in [3.63, 3.8) is 0 Å². The van der Waals surface area contributed by atoms with Gasteiger partial charge in [-0.25, -0.2) is 4.39 Å². The van der Waals surface area contributed by atoms with Crippen LogP contribution in [0, 0.1) is 5.82 Å². The average Bonchev–Trinajstić information content (AvgIpc) is 2.11. The summed E-state index contributed by atoms with van der Waals surface area (Å²) in [5, 5.41) is 2.28. The zero-order chi connectivity index (χ0) is 10.7. The highest BCUT2D eigenvalue weighted by Gasteiger charge is 2.15. The van der Waals surface area contributed by atoms with Crippen molar-refractivity contribution >= 4 is 33.8 Å². The standard InChI is InChI=1S/C9H7BrFNO2/c1-5(14)8-7(11)3-2-6(10)9(8)12-4-13/h2-4H,1H3,(H,12,13). The van der Waals surface area contributed by atoms with Crippen molar-refractivity contribution in [2.24, 2.45) is 0 Å². The molecule has 0 saturated carbocycles. The Morgan fingerprint density at radius 1 is 1.57 bits per heavy atom. The van der Waals surface area contributed by atoms with Gasteiger partial charge in [-0.05, 0) is 35.0 Å². The lowest BCUT2D eigenvalue weighted by molar-refractivity contribution is -0.105. The van der Waals surface area contributed by atoms with Crippen LogP contribution < -0.4 is 5.32 Å².